The van der Waals surface area contributed by atoms with E-state index in [4.69, 9.17) is 0 Å². The second-order valence-corrected chi connectivity index (χ2v) is 7.11. The fraction of sp³-hybridized carbons (Fsp3) is 0.227. The van der Waals surface area contributed by atoms with Gasteiger partial charge in [0.05, 0.1) is 11.7 Å². The zero-order chi connectivity index (χ0) is 19.1. The van der Waals surface area contributed by atoms with Gasteiger partial charge in [-0.2, -0.15) is 0 Å². The molecule has 5 heteroatoms. The number of aliphatic hydroxyl groups is 1. The first kappa shape index (κ1) is 17.8. The topological polar surface area (TPSA) is 48.4 Å². The van der Waals surface area contributed by atoms with E-state index in [0.29, 0.717) is 5.56 Å². The van der Waals surface area contributed by atoms with Crippen molar-refractivity contribution >= 4 is 0 Å². The lowest BCUT2D eigenvalue weighted by Gasteiger charge is -2.42. The summed E-state index contributed by atoms with van der Waals surface area (Å²) in [5.74, 6) is -0.332. The number of halogens is 1. The molecule has 1 aliphatic rings. The molecule has 0 spiro atoms. The van der Waals surface area contributed by atoms with Crippen molar-refractivity contribution in [2.45, 2.75) is 24.4 Å². The molecule has 1 fully saturated rings. The van der Waals surface area contributed by atoms with Gasteiger partial charge in [-0.1, -0.05) is 42.5 Å². The highest BCUT2D eigenvalue weighted by Gasteiger charge is 2.60. The van der Waals surface area contributed by atoms with Crippen LogP contribution in [0, 0.1) is 5.82 Å². The van der Waals surface area contributed by atoms with Crippen molar-refractivity contribution in [2.24, 2.45) is 0 Å². The molecule has 4 rings (SSSR count). The fourth-order valence-electron chi connectivity index (χ4n) is 4.10. The van der Waals surface area contributed by atoms with Crippen LogP contribution in [0.3, 0.4) is 0 Å². The van der Waals surface area contributed by atoms with Gasteiger partial charge in [0.2, 0.25) is 0 Å². The molecule has 138 valence electrons. The molecule has 0 bridgehead atoms. The Hall–Kier alpha value is -2.60. The number of likely N-dealkylation sites (N-methyl/N-ethyl adjacent to an activating group) is 1. The predicted octanol–water partition coefficient (Wildman–Crippen LogP) is 3.52. The van der Waals surface area contributed by atoms with E-state index in [0.717, 1.165) is 11.1 Å². The van der Waals surface area contributed by atoms with Crippen LogP contribution >= 0.6 is 0 Å². The molecule has 2 N–H and O–H groups in total. The van der Waals surface area contributed by atoms with Crippen LogP contribution in [-0.4, -0.2) is 22.0 Å². The normalized spacial score (nSPS) is 28.4. The molecular weight excluding hydrogens is 341 g/mol. The molecule has 0 radical (unpaired) electrons. The van der Waals surface area contributed by atoms with Crippen molar-refractivity contribution in [1.82, 2.24) is 15.2 Å². The van der Waals surface area contributed by atoms with E-state index >= 15 is 0 Å². The Balaban J connectivity index is 1.90. The SMILES string of the molecule is CN1C(c2ccccc2)NC(C)(c2ccncc2)C1(O)c1ccc(F)cc1. The van der Waals surface area contributed by atoms with Gasteiger partial charge < -0.3 is 5.11 Å². The third kappa shape index (κ3) is 2.67. The Morgan fingerprint density at radius 3 is 2.22 bits per heavy atom. The molecule has 2 aromatic carbocycles. The minimum absolute atomic E-state index is 0.223. The van der Waals surface area contributed by atoms with Crippen LogP contribution in [0.5, 0.6) is 0 Å². The third-order valence-corrected chi connectivity index (χ3v) is 5.64. The molecule has 3 aromatic rings. The van der Waals surface area contributed by atoms with Gasteiger partial charge in [-0.25, -0.2) is 4.39 Å². The number of rotatable bonds is 3. The number of pyridine rings is 1. The molecule has 1 aliphatic heterocycles. The largest absolute Gasteiger partial charge is 0.369 e. The second kappa shape index (κ2) is 6.53. The lowest BCUT2D eigenvalue weighted by molar-refractivity contribution is -0.127. The van der Waals surface area contributed by atoms with Gasteiger partial charge >= 0.3 is 0 Å². The van der Waals surface area contributed by atoms with Crippen LogP contribution in [0.2, 0.25) is 0 Å². The molecule has 0 saturated carbocycles. The van der Waals surface area contributed by atoms with Crippen molar-refractivity contribution in [2.75, 3.05) is 7.05 Å². The second-order valence-electron chi connectivity index (χ2n) is 7.11. The molecule has 3 unspecified atom stereocenters. The quantitative estimate of drug-likeness (QED) is 0.748. The third-order valence-electron chi connectivity index (χ3n) is 5.64. The number of aromatic nitrogens is 1. The molecule has 0 aliphatic carbocycles. The molecule has 3 atom stereocenters. The lowest BCUT2D eigenvalue weighted by Crippen LogP contribution is -2.53. The van der Waals surface area contributed by atoms with Gasteiger partial charge in [-0.3, -0.25) is 15.2 Å². The van der Waals surface area contributed by atoms with E-state index in [-0.39, 0.29) is 12.0 Å². The van der Waals surface area contributed by atoms with Crippen LogP contribution in [0.1, 0.15) is 29.8 Å². The Bertz CT molecular complexity index is 919. The summed E-state index contributed by atoms with van der Waals surface area (Å²) in [5.41, 5.74) is 0.315. The van der Waals surface area contributed by atoms with Crippen molar-refractivity contribution in [3.05, 3.63) is 102 Å². The van der Waals surface area contributed by atoms with Gasteiger partial charge in [-0.15, -0.1) is 0 Å². The van der Waals surface area contributed by atoms with E-state index in [1.807, 2.05) is 61.3 Å². The average molecular weight is 363 g/mol. The number of hydrogen-bond donors (Lipinski definition) is 2. The summed E-state index contributed by atoms with van der Waals surface area (Å²) < 4.78 is 13.5. The Kier molecular flexibility index (Phi) is 4.30. The van der Waals surface area contributed by atoms with Crippen molar-refractivity contribution < 1.29 is 9.50 Å². The predicted molar refractivity (Wildman–Crippen MR) is 102 cm³/mol. The van der Waals surface area contributed by atoms with Crippen LogP contribution < -0.4 is 5.32 Å². The van der Waals surface area contributed by atoms with Crippen LogP contribution in [0.4, 0.5) is 4.39 Å². The molecule has 0 amide bonds. The highest BCUT2D eigenvalue weighted by atomic mass is 19.1. The summed E-state index contributed by atoms with van der Waals surface area (Å²) in [5, 5.41) is 15.7. The average Bonchev–Trinajstić information content (AvgIpc) is 2.93. The molecule has 1 aromatic heterocycles. The standard InChI is InChI=1S/C22H22FN3O/c1-21(17-12-14-24-15-13-17)22(27,18-8-10-19(23)11-9-18)26(2)20(25-21)16-6-4-3-5-7-16/h3-15,20,25,27H,1-2H3. The van der Waals surface area contributed by atoms with Crippen molar-refractivity contribution in [3.63, 3.8) is 0 Å². The summed E-state index contributed by atoms with van der Waals surface area (Å²) in [6.07, 6.45) is 3.20. The van der Waals surface area contributed by atoms with E-state index in [1.54, 1.807) is 24.5 Å². The molecule has 2 heterocycles. The highest BCUT2D eigenvalue weighted by Crippen LogP contribution is 2.51. The Morgan fingerprint density at radius 1 is 0.963 bits per heavy atom. The summed E-state index contributed by atoms with van der Waals surface area (Å²) in [6.45, 7) is 1.96. The van der Waals surface area contributed by atoms with Gasteiger partial charge in [-0.05, 0) is 49.4 Å². The summed E-state index contributed by atoms with van der Waals surface area (Å²) in [7, 11) is 1.88. The van der Waals surface area contributed by atoms with Crippen molar-refractivity contribution in [1.29, 1.82) is 0 Å². The molecule has 1 saturated heterocycles. The monoisotopic (exact) mass is 363 g/mol. The summed E-state index contributed by atoms with van der Waals surface area (Å²) >= 11 is 0. The van der Waals surface area contributed by atoms with E-state index in [2.05, 4.69) is 10.3 Å². The van der Waals surface area contributed by atoms with E-state index < -0.39 is 11.3 Å². The fourth-order valence-corrected chi connectivity index (χ4v) is 4.10. The minimum Gasteiger partial charge on any atom is -0.369 e. The highest BCUT2D eigenvalue weighted by molar-refractivity contribution is 5.38. The number of hydrogen-bond acceptors (Lipinski definition) is 4. The van der Waals surface area contributed by atoms with Gasteiger partial charge in [0.1, 0.15) is 5.82 Å². The van der Waals surface area contributed by atoms with Crippen LogP contribution in [0.25, 0.3) is 0 Å². The van der Waals surface area contributed by atoms with E-state index in [9.17, 15) is 9.50 Å². The molecular formula is C22H22FN3O. The van der Waals surface area contributed by atoms with Gasteiger partial charge in [0.25, 0.3) is 0 Å². The minimum atomic E-state index is -1.40. The summed E-state index contributed by atoms with van der Waals surface area (Å²) in [6, 6.07) is 19.8. The maximum Gasteiger partial charge on any atom is 0.168 e. The molecule has 4 nitrogen and oxygen atoms in total. The van der Waals surface area contributed by atoms with Crippen LogP contribution in [-0.2, 0) is 11.3 Å². The van der Waals surface area contributed by atoms with Gasteiger partial charge in [0, 0.05) is 18.0 Å². The van der Waals surface area contributed by atoms with Crippen molar-refractivity contribution in [3.8, 4) is 0 Å². The Morgan fingerprint density at radius 2 is 1.59 bits per heavy atom. The van der Waals surface area contributed by atoms with E-state index in [1.165, 1.54) is 12.1 Å². The zero-order valence-corrected chi connectivity index (χ0v) is 15.3. The number of nitrogens with one attached hydrogen (secondary N) is 1. The van der Waals surface area contributed by atoms with Gasteiger partial charge in [0.15, 0.2) is 5.72 Å². The number of benzene rings is 2. The lowest BCUT2D eigenvalue weighted by atomic mass is 9.78. The smallest absolute Gasteiger partial charge is 0.168 e. The molecule has 27 heavy (non-hydrogen) atoms. The number of nitrogens with zero attached hydrogens (tertiary/aromatic N) is 2. The first-order chi connectivity index (χ1) is 13.0. The first-order valence-electron chi connectivity index (χ1n) is 8.91. The summed E-state index contributed by atoms with van der Waals surface area (Å²) in [4.78, 5) is 6.00. The van der Waals surface area contributed by atoms with Crippen LogP contribution in [0.15, 0.2) is 79.1 Å². The maximum atomic E-state index is 13.5. The zero-order valence-electron chi connectivity index (χ0n) is 15.3. The Labute approximate surface area is 158 Å². The maximum absolute atomic E-state index is 13.5. The first-order valence-corrected chi connectivity index (χ1v) is 8.91.